The maximum absolute atomic E-state index is 12.1. The number of nitrogens with one attached hydrogen (secondary N) is 1. The van der Waals surface area contributed by atoms with E-state index >= 15 is 0 Å². The zero-order valence-corrected chi connectivity index (χ0v) is 12.1. The smallest absolute Gasteiger partial charge is 0.239 e. The van der Waals surface area contributed by atoms with Crippen molar-refractivity contribution in [3.8, 4) is 0 Å². The second-order valence-corrected chi connectivity index (χ2v) is 6.01. The molecular formula is C15H26N2O3. The highest BCUT2D eigenvalue weighted by Gasteiger charge is 2.25. The predicted octanol–water partition coefficient (Wildman–Crippen LogP) is 1.20. The van der Waals surface area contributed by atoms with E-state index in [4.69, 9.17) is 0 Å². The largest absolute Gasteiger partial charge is 0.391 e. The van der Waals surface area contributed by atoms with Gasteiger partial charge in [-0.1, -0.05) is 25.7 Å². The van der Waals surface area contributed by atoms with Crippen LogP contribution in [0.4, 0.5) is 0 Å². The lowest BCUT2D eigenvalue weighted by Crippen LogP contribution is -2.47. The van der Waals surface area contributed by atoms with E-state index in [0.717, 1.165) is 51.4 Å². The van der Waals surface area contributed by atoms with Crippen LogP contribution in [-0.2, 0) is 9.59 Å². The quantitative estimate of drug-likeness (QED) is 0.764. The van der Waals surface area contributed by atoms with E-state index in [1.807, 2.05) is 0 Å². The molecule has 0 bridgehead atoms. The summed E-state index contributed by atoms with van der Waals surface area (Å²) in [4.78, 5) is 25.6. The molecule has 20 heavy (non-hydrogen) atoms. The van der Waals surface area contributed by atoms with Crippen molar-refractivity contribution >= 4 is 11.8 Å². The highest BCUT2D eigenvalue weighted by atomic mass is 16.3. The second kappa shape index (κ2) is 7.62. The van der Waals surface area contributed by atoms with Crippen LogP contribution in [0, 0.1) is 0 Å². The molecule has 114 valence electrons. The molecule has 0 aromatic rings. The van der Waals surface area contributed by atoms with Gasteiger partial charge in [0.05, 0.1) is 18.7 Å². The van der Waals surface area contributed by atoms with Gasteiger partial charge in [0, 0.05) is 13.0 Å². The zero-order chi connectivity index (χ0) is 14.4. The number of nitrogens with zero attached hydrogens (tertiary/aromatic N) is 1. The number of rotatable bonds is 3. The predicted molar refractivity (Wildman–Crippen MR) is 76.1 cm³/mol. The second-order valence-electron chi connectivity index (χ2n) is 6.01. The Morgan fingerprint density at radius 3 is 2.75 bits per heavy atom. The number of hydrogen-bond acceptors (Lipinski definition) is 3. The summed E-state index contributed by atoms with van der Waals surface area (Å²) in [7, 11) is 0. The zero-order valence-electron chi connectivity index (χ0n) is 12.1. The summed E-state index contributed by atoms with van der Waals surface area (Å²) in [5.74, 6) is -0.0507. The SMILES string of the molecule is O=C(CN1CCCCCC1=O)NC1CCCCCC1O. The van der Waals surface area contributed by atoms with E-state index in [1.165, 1.54) is 0 Å². The molecule has 1 heterocycles. The molecule has 1 saturated heterocycles. The first-order valence-corrected chi connectivity index (χ1v) is 7.92. The van der Waals surface area contributed by atoms with E-state index < -0.39 is 6.10 Å². The van der Waals surface area contributed by atoms with Crippen molar-refractivity contribution in [1.29, 1.82) is 0 Å². The van der Waals surface area contributed by atoms with Gasteiger partial charge in [0.2, 0.25) is 11.8 Å². The van der Waals surface area contributed by atoms with Crippen LogP contribution in [-0.4, -0.2) is 47.1 Å². The molecule has 2 unspecified atom stereocenters. The maximum atomic E-state index is 12.1. The first-order chi connectivity index (χ1) is 9.66. The van der Waals surface area contributed by atoms with Gasteiger partial charge in [0.15, 0.2) is 0 Å². The topological polar surface area (TPSA) is 69.6 Å². The summed E-state index contributed by atoms with van der Waals surface area (Å²) in [5, 5.41) is 12.9. The van der Waals surface area contributed by atoms with Crippen molar-refractivity contribution in [3.05, 3.63) is 0 Å². The summed E-state index contributed by atoms with van der Waals surface area (Å²) >= 11 is 0. The van der Waals surface area contributed by atoms with Gasteiger partial charge in [-0.25, -0.2) is 0 Å². The van der Waals surface area contributed by atoms with Gasteiger partial charge in [-0.3, -0.25) is 9.59 Å². The minimum Gasteiger partial charge on any atom is -0.391 e. The molecule has 0 radical (unpaired) electrons. The Morgan fingerprint density at radius 1 is 1.15 bits per heavy atom. The highest BCUT2D eigenvalue weighted by Crippen LogP contribution is 2.18. The Balaban J connectivity index is 1.82. The van der Waals surface area contributed by atoms with Crippen LogP contribution in [0.1, 0.15) is 57.8 Å². The Labute approximate surface area is 120 Å². The van der Waals surface area contributed by atoms with Gasteiger partial charge in [0.1, 0.15) is 0 Å². The van der Waals surface area contributed by atoms with E-state index in [-0.39, 0.29) is 24.4 Å². The number of amides is 2. The van der Waals surface area contributed by atoms with E-state index in [2.05, 4.69) is 5.32 Å². The highest BCUT2D eigenvalue weighted by molar-refractivity contribution is 5.85. The fourth-order valence-electron chi connectivity index (χ4n) is 3.09. The lowest BCUT2D eigenvalue weighted by molar-refractivity contribution is -0.136. The third-order valence-corrected chi connectivity index (χ3v) is 4.33. The minimum atomic E-state index is -0.443. The summed E-state index contributed by atoms with van der Waals surface area (Å²) in [6.45, 7) is 0.821. The maximum Gasteiger partial charge on any atom is 0.239 e. The standard InChI is InChI=1S/C15H26N2O3/c18-13-8-4-1-3-7-12(13)16-14(19)11-17-10-6-2-5-9-15(17)20/h12-13,18H,1-11H2,(H,16,19). The molecule has 0 aromatic heterocycles. The summed E-state index contributed by atoms with van der Waals surface area (Å²) in [5.41, 5.74) is 0. The van der Waals surface area contributed by atoms with Gasteiger partial charge in [-0.15, -0.1) is 0 Å². The lowest BCUT2D eigenvalue weighted by Gasteiger charge is -2.25. The first kappa shape index (κ1) is 15.3. The Hall–Kier alpha value is -1.10. The molecule has 0 spiro atoms. The third-order valence-electron chi connectivity index (χ3n) is 4.33. The number of hydrogen-bond donors (Lipinski definition) is 2. The van der Waals surface area contributed by atoms with E-state index in [0.29, 0.717) is 13.0 Å². The molecule has 2 rings (SSSR count). The van der Waals surface area contributed by atoms with Crippen molar-refractivity contribution < 1.29 is 14.7 Å². The average molecular weight is 282 g/mol. The Bertz CT molecular complexity index is 346. The molecule has 2 fully saturated rings. The fraction of sp³-hybridized carbons (Fsp3) is 0.867. The number of aliphatic hydroxyl groups excluding tert-OH is 1. The molecule has 2 atom stereocenters. The van der Waals surface area contributed by atoms with Crippen LogP contribution >= 0.6 is 0 Å². The molecule has 2 N–H and O–H groups in total. The van der Waals surface area contributed by atoms with Crippen molar-refractivity contribution in [2.45, 2.75) is 69.9 Å². The van der Waals surface area contributed by atoms with Gasteiger partial charge in [-0.2, -0.15) is 0 Å². The molecule has 5 heteroatoms. The van der Waals surface area contributed by atoms with Crippen molar-refractivity contribution in [1.82, 2.24) is 10.2 Å². The number of likely N-dealkylation sites (tertiary alicyclic amines) is 1. The van der Waals surface area contributed by atoms with Gasteiger partial charge >= 0.3 is 0 Å². The van der Waals surface area contributed by atoms with Crippen LogP contribution in [0.25, 0.3) is 0 Å². The Kier molecular flexibility index (Phi) is 5.83. The molecule has 5 nitrogen and oxygen atoms in total. The molecule has 2 aliphatic rings. The number of carbonyl (C=O) groups excluding carboxylic acids is 2. The molecule has 1 aliphatic carbocycles. The van der Waals surface area contributed by atoms with E-state index in [1.54, 1.807) is 4.90 Å². The van der Waals surface area contributed by atoms with Crippen molar-refractivity contribution in [2.75, 3.05) is 13.1 Å². The van der Waals surface area contributed by atoms with Crippen LogP contribution in [0.5, 0.6) is 0 Å². The number of aliphatic hydroxyl groups is 1. The van der Waals surface area contributed by atoms with Gasteiger partial charge in [0.25, 0.3) is 0 Å². The summed E-state index contributed by atoms with van der Waals surface area (Å²) in [6, 6.07) is -0.146. The molecule has 0 aromatic carbocycles. The molecular weight excluding hydrogens is 256 g/mol. The molecule has 2 amide bonds. The Morgan fingerprint density at radius 2 is 1.90 bits per heavy atom. The fourth-order valence-corrected chi connectivity index (χ4v) is 3.09. The van der Waals surface area contributed by atoms with Gasteiger partial charge in [-0.05, 0) is 25.7 Å². The molecule has 1 aliphatic heterocycles. The minimum absolute atomic E-state index is 0.0825. The number of carbonyl (C=O) groups is 2. The van der Waals surface area contributed by atoms with Crippen LogP contribution < -0.4 is 5.32 Å². The monoisotopic (exact) mass is 282 g/mol. The normalized spacial score (nSPS) is 28.6. The lowest BCUT2D eigenvalue weighted by atomic mass is 10.1. The van der Waals surface area contributed by atoms with Crippen molar-refractivity contribution in [2.24, 2.45) is 0 Å². The average Bonchev–Trinajstić information content (AvgIpc) is 2.73. The van der Waals surface area contributed by atoms with Crippen LogP contribution in [0.2, 0.25) is 0 Å². The van der Waals surface area contributed by atoms with Gasteiger partial charge < -0.3 is 15.3 Å². The van der Waals surface area contributed by atoms with E-state index in [9.17, 15) is 14.7 Å². The summed E-state index contributed by atoms with van der Waals surface area (Å²) in [6.07, 6.45) is 7.86. The first-order valence-electron chi connectivity index (χ1n) is 7.92. The van der Waals surface area contributed by atoms with Crippen molar-refractivity contribution in [3.63, 3.8) is 0 Å². The van der Waals surface area contributed by atoms with Crippen LogP contribution in [0.15, 0.2) is 0 Å². The van der Waals surface area contributed by atoms with Crippen LogP contribution in [0.3, 0.4) is 0 Å². The summed E-state index contributed by atoms with van der Waals surface area (Å²) < 4.78 is 0. The molecule has 1 saturated carbocycles. The third kappa shape index (κ3) is 4.47.